The molecule has 25 heavy (non-hydrogen) atoms. The molecule has 1 unspecified atom stereocenters. The van der Waals surface area contributed by atoms with Gasteiger partial charge in [-0.3, -0.25) is 4.79 Å². The Balaban J connectivity index is 1.18. The van der Waals surface area contributed by atoms with Crippen molar-refractivity contribution in [2.45, 2.75) is 44.2 Å². The second-order valence-corrected chi connectivity index (χ2v) is 7.42. The Hall–Kier alpha value is -1.59. The summed E-state index contributed by atoms with van der Waals surface area (Å²) in [5.41, 5.74) is 2.88. The highest BCUT2D eigenvalue weighted by Crippen LogP contribution is 2.26. The van der Waals surface area contributed by atoms with Crippen LogP contribution >= 0.6 is 0 Å². The number of benzene rings is 1. The van der Waals surface area contributed by atoms with Crippen LogP contribution in [0.5, 0.6) is 0 Å². The second-order valence-electron chi connectivity index (χ2n) is 7.42. The van der Waals surface area contributed by atoms with E-state index in [0.717, 1.165) is 65.0 Å². The van der Waals surface area contributed by atoms with Crippen LogP contribution in [-0.2, 0) is 16.0 Å². The second kappa shape index (κ2) is 7.75. The molecule has 2 fully saturated rings. The molecule has 1 N–H and O–H groups in total. The lowest BCUT2D eigenvalue weighted by molar-refractivity contribution is -0.142. The lowest BCUT2D eigenvalue weighted by Gasteiger charge is -2.34. The van der Waals surface area contributed by atoms with Crippen molar-refractivity contribution in [2.24, 2.45) is 0 Å². The maximum Gasteiger partial charge on any atom is 0.251 e. The van der Waals surface area contributed by atoms with Crippen LogP contribution in [0.15, 0.2) is 24.3 Å². The van der Waals surface area contributed by atoms with Crippen molar-refractivity contribution in [3.05, 3.63) is 29.8 Å². The Bertz CT molecular complexity index is 592. The van der Waals surface area contributed by atoms with Crippen molar-refractivity contribution >= 4 is 11.6 Å². The number of carbonyl (C=O) groups is 1. The third-order valence-corrected chi connectivity index (χ3v) is 5.81. The van der Waals surface area contributed by atoms with E-state index in [4.69, 9.17) is 4.74 Å². The summed E-state index contributed by atoms with van der Waals surface area (Å²) in [6.45, 7) is 5.68. The number of nitrogens with zero attached hydrogens (tertiary/aromatic N) is 2. The first kappa shape index (κ1) is 16.9. The molecule has 3 heterocycles. The Morgan fingerprint density at radius 2 is 2.00 bits per heavy atom. The summed E-state index contributed by atoms with van der Waals surface area (Å²) in [5, 5.41) is 3.70. The first-order valence-electron chi connectivity index (χ1n) is 9.78. The molecule has 1 aromatic rings. The van der Waals surface area contributed by atoms with Gasteiger partial charge in [0.15, 0.2) is 0 Å². The highest BCUT2D eigenvalue weighted by molar-refractivity contribution is 5.81. The van der Waals surface area contributed by atoms with Crippen LogP contribution < -0.4 is 10.2 Å². The van der Waals surface area contributed by atoms with E-state index in [2.05, 4.69) is 34.5 Å². The van der Waals surface area contributed by atoms with Crippen molar-refractivity contribution in [2.75, 3.05) is 44.2 Å². The van der Waals surface area contributed by atoms with E-state index in [9.17, 15) is 4.79 Å². The van der Waals surface area contributed by atoms with E-state index in [1.165, 1.54) is 17.7 Å². The maximum absolute atomic E-state index is 12.4. The largest absolute Gasteiger partial charge is 0.370 e. The van der Waals surface area contributed by atoms with Crippen LogP contribution in [0.3, 0.4) is 0 Å². The van der Waals surface area contributed by atoms with Crippen LogP contribution in [0.4, 0.5) is 5.69 Å². The molecule has 1 aromatic carbocycles. The summed E-state index contributed by atoms with van der Waals surface area (Å²) < 4.78 is 5.53. The predicted octanol–water partition coefficient (Wildman–Crippen LogP) is 1.81. The number of hydrogen-bond donors (Lipinski definition) is 1. The van der Waals surface area contributed by atoms with E-state index in [1.54, 1.807) is 0 Å². The van der Waals surface area contributed by atoms with Gasteiger partial charge < -0.3 is 19.9 Å². The van der Waals surface area contributed by atoms with Crippen LogP contribution in [0, 0.1) is 0 Å². The summed E-state index contributed by atoms with van der Waals surface area (Å²) in [6, 6.07) is 9.27. The number of nitrogens with one attached hydrogen (secondary N) is 1. The van der Waals surface area contributed by atoms with E-state index in [0.29, 0.717) is 6.04 Å². The summed E-state index contributed by atoms with van der Waals surface area (Å²) in [7, 11) is 0. The van der Waals surface area contributed by atoms with Crippen LogP contribution in [0.2, 0.25) is 0 Å². The minimum atomic E-state index is -0.167. The number of amides is 1. The summed E-state index contributed by atoms with van der Waals surface area (Å²) in [4.78, 5) is 16.9. The molecular weight excluding hydrogens is 314 g/mol. The standard InChI is InChI=1S/C20H29N3O2/c24-20(19-6-3-15-25-19)23-12-8-17(9-13-23)21-10-14-22-11-7-16-4-1-2-5-18(16)22/h1-2,4-5,17,19,21H,3,6-15H2. The Morgan fingerprint density at radius 1 is 1.16 bits per heavy atom. The molecule has 1 amide bonds. The van der Waals surface area contributed by atoms with Gasteiger partial charge in [-0.25, -0.2) is 0 Å². The molecule has 0 bridgehead atoms. The molecule has 0 aliphatic carbocycles. The van der Waals surface area contributed by atoms with Crippen LogP contribution in [-0.4, -0.2) is 62.3 Å². The molecule has 3 aliphatic rings. The highest BCUT2D eigenvalue weighted by Gasteiger charge is 2.30. The number of carbonyl (C=O) groups excluding carboxylic acids is 1. The molecule has 5 heteroatoms. The molecule has 1 atom stereocenters. The van der Waals surface area contributed by atoms with Crippen LogP contribution in [0.1, 0.15) is 31.2 Å². The fraction of sp³-hybridized carbons (Fsp3) is 0.650. The number of ether oxygens (including phenoxy) is 1. The van der Waals surface area contributed by atoms with Gasteiger partial charge in [-0.15, -0.1) is 0 Å². The van der Waals surface area contributed by atoms with Gasteiger partial charge in [0.25, 0.3) is 5.91 Å². The van der Waals surface area contributed by atoms with Gasteiger partial charge in [0, 0.05) is 51.1 Å². The number of fused-ring (bicyclic) bond motifs is 1. The van der Waals surface area contributed by atoms with Crippen molar-refractivity contribution in [3.8, 4) is 0 Å². The zero-order chi connectivity index (χ0) is 17.1. The molecular formula is C20H29N3O2. The van der Waals surface area contributed by atoms with Gasteiger partial charge in [0.2, 0.25) is 0 Å². The Morgan fingerprint density at radius 3 is 2.80 bits per heavy atom. The average Bonchev–Trinajstić information content (AvgIpc) is 3.32. The van der Waals surface area contributed by atoms with Crippen LogP contribution in [0.25, 0.3) is 0 Å². The van der Waals surface area contributed by atoms with Gasteiger partial charge in [-0.05, 0) is 43.7 Å². The Kier molecular flexibility index (Phi) is 5.22. The highest BCUT2D eigenvalue weighted by atomic mass is 16.5. The molecule has 0 aromatic heterocycles. The minimum absolute atomic E-state index is 0.167. The van der Waals surface area contributed by atoms with Gasteiger partial charge in [0.1, 0.15) is 6.10 Å². The van der Waals surface area contributed by atoms with Gasteiger partial charge in [-0.2, -0.15) is 0 Å². The quantitative estimate of drug-likeness (QED) is 0.886. The first-order chi connectivity index (χ1) is 12.3. The third kappa shape index (κ3) is 3.82. The summed E-state index contributed by atoms with van der Waals surface area (Å²) >= 11 is 0. The van der Waals surface area contributed by atoms with Gasteiger partial charge in [-0.1, -0.05) is 18.2 Å². The van der Waals surface area contributed by atoms with Crippen molar-refractivity contribution < 1.29 is 9.53 Å². The zero-order valence-corrected chi connectivity index (χ0v) is 15.0. The fourth-order valence-electron chi connectivity index (χ4n) is 4.32. The topological polar surface area (TPSA) is 44.8 Å². The number of hydrogen-bond acceptors (Lipinski definition) is 4. The molecule has 4 rings (SSSR count). The SMILES string of the molecule is O=C(C1CCCO1)N1CCC(NCCN2CCc3ccccc32)CC1. The van der Waals surface area contributed by atoms with Crippen molar-refractivity contribution in [1.29, 1.82) is 0 Å². The van der Waals surface area contributed by atoms with E-state index < -0.39 is 0 Å². The first-order valence-corrected chi connectivity index (χ1v) is 9.78. The smallest absolute Gasteiger partial charge is 0.251 e. The summed E-state index contributed by atoms with van der Waals surface area (Å²) in [6.07, 6.45) is 5.02. The third-order valence-electron chi connectivity index (χ3n) is 5.81. The summed E-state index contributed by atoms with van der Waals surface area (Å²) in [5.74, 6) is 0.213. The minimum Gasteiger partial charge on any atom is -0.370 e. The van der Waals surface area contributed by atoms with E-state index in [1.807, 2.05) is 4.90 Å². The number of anilines is 1. The zero-order valence-electron chi connectivity index (χ0n) is 15.0. The van der Waals surface area contributed by atoms with Gasteiger partial charge in [0.05, 0.1) is 0 Å². The average molecular weight is 343 g/mol. The fourth-order valence-corrected chi connectivity index (χ4v) is 4.32. The lowest BCUT2D eigenvalue weighted by atomic mass is 10.0. The van der Waals surface area contributed by atoms with Crippen molar-refractivity contribution in [3.63, 3.8) is 0 Å². The Labute approximate surface area is 150 Å². The lowest BCUT2D eigenvalue weighted by Crippen LogP contribution is -2.48. The molecule has 3 aliphatic heterocycles. The molecule has 136 valence electrons. The monoisotopic (exact) mass is 343 g/mol. The number of likely N-dealkylation sites (tertiary alicyclic amines) is 1. The molecule has 0 saturated carbocycles. The van der Waals surface area contributed by atoms with Crippen molar-refractivity contribution in [1.82, 2.24) is 10.2 Å². The number of piperidine rings is 1. The molecule has 0 radical (unpaired) electrons. The molecule has 2 saturated heterocycles. The van der Waals surface area contributed by atoms with E-state index >= 15 is 0 Å². The molecule has 0 spiro atoms. The molecule has 5 nitrogen and oxygen atoms in total. The number of rotatable bonds is 5. The predicted molar refractivity (Wildman–Crippen MR) is 98.9 cm³/mol. The van der Waals surface area contributed by atoms with Gasteiger partial charge >= 0.3 is 0 Å². The maximum atomic E-state index is 12.4. The van der Waals surface area contributed by atoms with E-state index in [-0.39, 0.29) is 12.0 Å². The number of para-hydroxylation sites is 1. The normalized spacial score (nSPS) is 23.9.